The second kappa shape index (κ2) is 10800. The Kier molecular flexibility index (Phi) is 1230000. The summed E-state index contributed by atoms with van der Waals surface area (Å²) in [6, 6.07) is 0. The third kappa shape index (κ3) is 10500. The molecule has 0 aromatic rings. The van der Waals surface area contributed by atoms with Crippen molar-refractivity contribution in [2.75, 3.05) is 0 Å². The smallest absolute Gasteiger partial charge is 2.00 e. The van der Waals surface area contributed by atoms with E-state index in [0.717, 1.165) is 0 Å². The Hall–Kier alpha value is 10.6. The van der Waals surface area contributed by atoms with Crippen LogP contribution in [0.1, 0.15) is 0 Å². The molecular formula is Fe26O72-66. The first-order valence-electron chi connectivity index (χ1n) is 0. The second-order valence-electron chi connectivity index (χ2n) is 0. The van der Waals surface area contributed by atoms with Gasteiger partial charge in [0, 0.05) is 0 Å². The van der Waals surface area contributed by atoms with Gasteiger partial charge in [-0.3, -0.25) is 0 Å². The maximum absolute atomic E-state index is 0. The van der Waals surface area contributed by atoms with Crippen molar-refractivity contribution in [3.05, 3.63) is 0 Å². The van der Waals surface area contributed by atoms with E-state index in [4.69, 9.17) is 0 Å². The van der Waals surface area contributed by atoms with Gasteiger partial charge in [-0.1, -0.05) is 0 Å². The van der Waals surface area contributed by atoms with Crippen molar-refractivity contribution in [3.63, 3.8) is 0 Å². The molecule has 0 amide bonds. The van der Waals surface area contributed by atoms with Gasteiger partial charge in [0.15, 0.2) is 0 Å². The van der Waals surface area contributed by atoms with Crippen LogP contribution in [0.3, 0.4) is 0 Å². The summed E-state index contributed by atoms with van der Waals surface area (Å²) in [6.45, 7) is 0. The van der Waals surface area contributed by atoms with Crippen LogP contribution in [0.4, 0.5) is 0 Å². The zero-order valence-corrected chi connectivity index (χ0v) is 67.3. The molecule has 26 radical (unpaired) electrons. The second-order valence-corrected chi connectivity index (χ2v) is 0. The average Bonchev–Trinajstić information content (AvgIpc) is 0. The van der Waals surface area contributed by atoms with Gasteiger partial charge in [0.05, 0.1) is 0 Å². The SMILES string of the molecule is [Fe+3].[Fe+3].[Fe+3].[Fe+3].[Fe+3].[Fe+3].[Fe+3].[Fe+3].[Fe+3].[Fe+3].[Fe+3].[Fe+3].[Fe+3].[Fe+3].[Fe+3].[Fe+3].[Fe+3].[Fe+3].[Fe+3].[Fe+3].[Fe+3].[Fe+3].[Fe+3].[Fe+3].[Fe+3].[Fe+3].[O-2].[O-2].[O-2].[O-2].[O-2].[O-2].[O-2].[O-2].[O-2].[O-2].[O-2].[O-2].[O-2].[O-2].[O-2].[O-2].[O-2].[O-2].[O-2].[O-2].[O-2].[O-2].[O-2].[O-2].[O-2].[O-2].[O-2].[O-2].[O-2].[O-2].[O-2].[O-2].[O-2].[O-2].[O-2].[O-2].[O-2].[O-2].[O-2].[O-2].[O-2].[O-2].[O-2].[O-2].[O-2].[O-2].[O-2].[O-2].[O-2].[O-2].[O-2].[O-2].[O-2].[O-2].[O-2].[O-2].[O-2].[O-2].[O-2].[O-2].[O-2].[O-2].[O-2].[O-2].[O-2].[O-2].[O-2].[O-2].[O-2].[O-2].[O-2].[O-2]. The van der Waals surface area contributed by atoms with Crippen molar-refractivity contribution >= 4 is 0 Å². The van der Waals surface area contributed by atoms with Crippen molar-refractivity contribution in [1.29, 1.82) is 0 Å². The fourth-order valence-corrected chi connectivity index (χ4v) is 0. The Morgan fingerprint density at radius 3 is 0.0204 bits per heavy atom. The van der Waals surface area contributed by atoms with E-state index in [2.05, 4.69) is 0 Å². The molecule has 98 heavy (non-hydrogen) atoms. The van der Waals surface area contributed by atoms with Gasteiger partial charge in [-0.15, -0.1) is 0 Å². The molecule has 0 aromatic heterocycles. The van der Waals surface area contributed by atoms with E-state index in [9.17, 15) is 0 Å². The molecule has 0 heterocycles. The summed E-state index contributed by atoms with van der Waals surface area (Å²) >= 11 is 0. The fourth-order valence-electron chi connectivity index (χ4n) is 0. The first-order chi connectivity index (χ1) is 0. The molecule has 0 saturated heterocycles. The minimum atomic E-state index is 0. The van der Waals surface area contributed by atoms with Crippen molar-refractivity contribution in [1.82, 2.24) is 0 Å². The minimum absolute atomic E-state index is 0. The van der Waals surface area contributed by atoms with Crippen LogP contribution in [0, 0.1) is 0 Å². The van der Waals surface area contributed by atoms with Crippen LogP contribution in [-0.4, -0.2) is 0 Å². The standard InChI is InChI=1S/26Fe.72O/q26*+3;72*-2. The third-order valence-electron chi connectivity index (χ3n) is 0. The van der Waals surface area contributed by atoms with Crippen molar-refractivity contribution < 1.29 is 838 Å². The summed E-state index contributed by atoms with van der Waals surface area (Å²) in [6.07, 6.45) is 0. The summed E-state index contributed by atoms with van der Waals surface area (Å²) in [5.74, 6) is 0. The van der Waals surface area contributed by atoms with Gasteiger partial charge in [0.25, 0.3) is 0 Å². The van der Waals surface area contributed by atoms with Gasteiger partial charge in [0.2, 0.25) is 0 Å². The van der Waals surface area contributed by atoms with Gasteiger partial charge in [-0.2, -0.15) is 0 Å². The summed E-state index contributed by atoms with van der Waals surface area (Å²) in [4.78, 5) is 0. The molecular weight excluding hydrogens is 2600 g/mol. The molecule has 98 heteroatoms. The predicted octanol–water partition coefficient (Wildman–Crippen LogP) is -8.62. The zero-order chi connectivity index (χ0) is 0. The first-order valence-corrected chi connectivity index (χ1v) is 0. The van der Waals surface area contributed by atoms with Gasteiger partial charge in [0.1, 0.15) is 0 Å². The fraction of sp³-hybridized carbons (Fsp3) is 0. The molecule has 0 saturated carbocycles. The largest absolute Gasteiger partial charge is 3.00 e. The van der Waals surface area contributed by atoms with E-state index in [-0.39, 0.29) is 838 Å². The molecule has 72 nitrogen and oxygen atoms in total. The van der Waals surface area contributed by atoms with Crippen LogP contribution < -0.4 is 0 Å². The maximum Gasteiger partial charge on any atom is 3.00 e. The van der Waals surface area contributed by atoms with Gasteiger partial charge in [-0.05, 0) is 0 Å². The topological polar surface area (TPSA) is 2050 Å². The number of hydrogen-bond acceptors (Lipinski definition) is 0. The molecule has 706 valence electrons. The van der Waals surface area contributed by atoms with Crippen molar-refractivity contribution in [2.45, 2.75) is 0 Å². The zero-order valence-electron chi connectivity index (χ0n) is 38.6. The van der Waals surface area contributed by atoms with Gasteiger partial charge >= 0.3 is 444 Å². The van der Waals surface area contributed by atoms with E-state index >= 15 is 0 Å². The Morgan fingerprint density at radius 2 is 0.0204 bits per heavy atom. The number of hydrogen-bond donors (Lipinski definition) is 0. The molecule has 0 aliphatic carbocycles. The normalized spacial score (nSPS) is 0. The number of rotatable bonds is 0. The summed E-state index contributed by atoms with van der Waals surface area (Å²) < 4.78 is 0. The predicted molar refractivity (Wildman–Crippen MR) is 49.4 cm³/mol. The van der Waals surface area contributed by atoms with Crippen molar-refractivity contribution in [3.8, 4) is 0 Å². The van der Waals surface area contributed by atoms with Crippen LogP contribution in [0.25, 0.3) is 0 Å². The molecule has 0 bridgehead atoms. The molecule has 0 N–H and O–H groups in total. The third-order valence-corrected chi connectivity index (χ3v) is 0. The van der Waals surface area contributed by atoms with Gasteiger partial charge < -0.3 is 394 Å². The summed E-state index contributed by atoms with van der Waals surface area (Å²) in [5.41, 5.74) is 0. The first kappa shape index (κ1) is 11100. The molecule has 0 aliphatic rings. The van der Waals surface area contributed by atoms with Crippen LogP contribution in [-0.2, 0) is 838 Å². The average molecular weight is 2600 g/mol. The Labute approximate surface area is 827 Å². The molecule has 0 fully saturated rings. The van der Waals surface area contributed by atoms with E-state index in [0.29, 0.717) is 0 Å². The van der Waals surface area contributed by atoms with Crippen LogP contribution in [0.2, 0.25) is 0 Å². The molecule has 0 aromatic carbocycles. The Morgan fingerprint density at radius 1 is 0.0204 bits per heavy atom. The molecule has 0 spiro atoms. The van der Waals surface area contributed by atoms with E-state index in [1.807, 2.05) is 0 Å². The maximum atomic E-state index is 0. The van der Waals surface area contributed by atoms with Crippen LogP contribution in [0.5, 0.6) is 0 Å². The van der Waals surface area contributed by atoms with E-state index in [1.54, 1.807) is 0 Å². The molecule has 0 aliphatic heterocycles. The quantitative estimate of drug-likeness (QED) is 0.204. The van der Waals surface area contributed by atoms with E-state index < -0.39 is 0 Å². The van der Waals surface area contributed by atoms with Crippen molar-refractivity contribution in [2.24, 2.45) is 0 Å². The minimum Gasteiger partial charge on any atom is -2.00 e. The summed E-state index contributed by atoms with van der Waals surface area (Å²) in [5, 5.41) is 0. The summed E-state index contributed by atoms with van der Waals surface area (Å²) in [7, 11) is 0. The van der Waals surface area contributed by atoms with E-state index in [1.165, 1.54) is 0 Å². The molecule has 0 unspecified atom stereocenters. The van der Waals surface area contributed by atoms with Crippen LogP contribution >= 0.6 is 0 Å². The molecule has 0 rings (SSSR count). The molecule has 0 atom stereocenters. The monoisotopic (exact) mass is 2610 g/mol. The van der Waals surface area contributed by atoms with Crippen LogP contribution in [0.15, 0.2) is 0 Å². The van der Waals surface area contributed by atoms with Gasteiger partial charge in [-0.25, -0.2) is 0 Å². The Balaban J connectivity index is 0. The Bertz CT molecular complexity index is 81.8.